The molecule has 0 aliphatic rings. The zero-order chi connectivity index (χ0) is 14.5. The first-order chi connectivity index (χ1) is 9.65. The van der Waals surface area contributed by atoms with Crippen LogP contribution < -0.4 is 9.64 Å². The van der Waals surface area contributed by atoms with Gasteiger partial charge in [-0.15, -0.1) is 0 Å². The van der Waals surface area contributed by atoms with Gasteiger partial charge in [0.25, 0.3) is 5.91 Å². The maximum atomic E-state index is 12.3. The number of hydrogen-bond donors (Lipinski definition) is 1. The fourth-order valence-corrected chi connectivity index (χ4v) is 1.87. The number of benzene rings is 2. The van der Waals surface area contributed by atoms with Gasteiger partial charge < -0.3 is 14.7 Å². The van der Waals surface area contributed by atoms with Gasteiger partial charge in [-0.2, -0.15) is 0 Å². The van der Waals surface area contributed by atoms with Crippen LogP contribution in [0.2, 0.25) is 0 Å². The molecule has 0 fully saturated rings. The molecule has 0 heterocycles. The van der Waals surface area contributed by atoms with E-state index in [0.29, 0.717) is 5.56 Å². The van der Waals surface area contributed by atoms with Crippen molar-refractivity contribution in [1.82, 2.24) is 0 Å². The second kappa shape index (κ2) is 6.21. The second-order valence-electron chi connectivity index (χ2n) is 4.42. The van der Waals surface area contributed by atoms with Crippen LogP contribution in [0.3, 0.4) is 0 Å². The zero-order valence-corrected chi connectivity index (χ0v) is 11.5. The molecule has 4 heteroatoms. The Balaban J connectivity index is 2.17. The Morgan fingerprint density at radius 2 is 1.70 bits per heavy atom. The lowest BCUT2D eigenvalue weighted by Gasteiger charge is -2.17. The lowest BCUT2D eigenvalue weighted by molar-refractivity contribution is 0.0993. The summed E-state index contributed by atoms with van der Waals surface area (Å²) < 4.78 is 5.07. The van der Waals surface area contributed by atoms with E-state index in [1.165, 1.54) is 0 Å². The fraction of sp³-hybridized carbons (Fsp3) is 0.188. The molecule has 0 saturated heterocycles. The third-order valence-corrected chi connectivity index (χ3v) is 3.15. The minimum Gasteiger partial charge on any atom is -0.497 e. The van der Waals surface area contributed by atoms with Gasteiger partial charge in [-0.05, 0) is 42.0 Å². The quantitative estimate of drug-likeness (QED) is 0.929. The van der Waals surface area contributed by atoms with Gasteiger partial charge in [0.15, 0.2) is 0 Å². The summed E-state index contributed by atoms with van der Waals surface area (Å²) in [4.78, 5) is 13.9. The normalized spacial score (nSPS) is 10.2. The summed E-state index contributed by atoms with van der Waals surface area (Å²) in [6.07, 6.45) is 0. The Bertz CT molecular complexity index is 576. The molecule has 0 atom stereocenters. The van der Waals surface area contributed by atoms with Crippen molar-refractivity contribution >= 4 is 11.6 Å². The van der Waals surface area contributed by atoms with E-state index in [1.54, 1.807) is 55.5 Å². The molecule has 2 aromatic carbocycles. The van der Waals surface area contributed by atoms with Crippen molar-refractivity contribution in [2.75, 3.05) is 19.1 Å². The van der Waals surface area contributed by atoms with E-state index in [2.05, 4.69) is 0 Å². The lowest BCUT2D eigenvalue weighted by atomic mass is 10.1. The molecular weight excluding hydrogens is 254 g/mol. The van der Waals surface area contributed by atoms with Crippen LogP contribution in [0.5, 0.6) is 5.75 Å². The molecule has 20 heavy (non-hydrogen) atoms. The van der Waals surface area contributed by atoms with Crippen LogP contribution in [0.4, 0.5) is 5.69 Å². The van der Waals surface area contributed by atoms with Gasteiger partial charge in [0.05, 0.1) is 13.7 Å². The molecule has 2 aromatic rings. The van der Waals surface area contributed by atoms with Gasteiger partial charge in [0.1, 0.15) is 5.75 Å². The molecule has 2 rings (SSSR count). The monoisotopic (exact) mass is 271 g/mol. The van der Waals surface area contributed by atoms with Crippen molar-refractivity contribution in [3.05, 3.63) is 59.7 Å². The average Bonchev–Trinajstić information content (AvgIpc) is 2.53. The van der Waals surface area contributed by atoms with Crippen LogP contribution in [0.1, 0.15) is 15.9 Å². The minimum absolute atomic E-state index is 0.00355. The van der Waals surface area contributed by atoms with E-state index in [-0.39, 0.29) is 12.5 Å². The van der Waals surface area contributed by atoms with E-state index in [9.17, 15) is 4.79 Å². The number of carbonyl (C=O) groups is 1. The first-order valence-corrected chi connectivity index (χ1v) is 6.27. The predicted octanol–water partition coefficient (Wildman–Crippen LogP) is 2.46. The van der Waals surface area contributed by atoms with Gasteiger partial charge in [-0.3, -0.25) is 4.79 Å². The Labute approximate surface area is 118 Å². The molecule has 0 bridgehead atoms. The van der Waals surface area contributed by atoms with Crippen molar-refractivity contribution in [1.29, 1.82) is 0 Å². The second-order valence-corrected chi connectivity index (χ2v) is 4.42. The third kappa shape index (κ3) is 2.97. The van der Waals surface area contributed by atoms with Crippen molar-refractivity contribution in [3.63, 3.8) is 0 Å². The number of ether oxygens (including phenoxy) is 1. The zero-order valence-electron chi connectivity index (χ0n) is 11.5. The predicted molar refractivity (Wildman–Crippen MR) is 78.1 cm³/mol. The maximum absolute atomic E-state index is 12.3. The van der Waals surface area contributed by atoms with Crippen molar-refractivity contribution in [2.45, 2.75) is 6.61 Å². The SMILES string of the molecule is COc1ccc(C(=O)N(C)c2ccc(CO)cc2)cc1. The van der Waals surface area contributed by atoms with E-state index in [4.69, 9.17) is 9.84 Å². The van der Waals surface area contributed by atoms with Crippen molar-refractivity contribution in [3.8, 4) is 5.75 Å². The smallest absolute Gasteiger partial charge is 0.258 e. The Morgan fingerprint density at radius 1 is 1.10 bits per heavy atom. The van der Waals surface area contributed by atoms with E-state index in [1.807, 2.05) is 12.1 Å². The van der Waals surface area contributed by atoms with Crippen molar-refractivity contribution < 1.29 is 14.6 Å². The van der Waals surface area contributed by atoms with Crippen LogP contribution in [0, 0.1) is 0 Å². The summed E-state index contributed by atoms with van der Waals surface area (Å²) in [7, 11) is 3.31. The Morgan fingerprint density at radius 3 is 2.20 bits per heavy atom. The number of aliphatic hydroxyl groups excluding tert-OH is 1. The highest BCUT2D eigenvalue weighted by molar-refractivity contribution is 6.05. The number of anilines is 1. The average molecular weight is 271 g/mol. The Hall–Kier alpha value is -2.33. The molecule has 0 aromatic heterocycles. The first-order valence-electron chi connectivity index (χ1n) is 6.27. The molecule has 0 unspecified atom stereocenters. The summed E-state index contributed by atoms with van der Waals surface area (Å²) in [5.41, 5.74) is 2.20. The number of methoxy groups -OCH3 is 1. The van der Waals surface area contributed by atoms with Crippen LogP contribution in [-0.2, 0) is 6.61 Å². The van der Waals surface area contributed by atoms with Gasteiger partial charge in [0, 0.05) is 18.3 Å². The van der Waals surface area contributed by atoms with Crippen LogP contribution in [-0.4, -0.2) is 25.2 Å². The van der Waals surface area contributed by atoms with Gasteiger partial charge in [0.2, 0.25) is 0 Å². The van der Waals surface area contributed by atoms with Crippen LogP contribution in [0.15, 0.2) is 48.5 Å². The molecule has 1 amide bonds. The van der Waals surface area contributed by atoms with Gasteiger partial charge >= 0.3 is 0 Å². The standard InChI is InChI=1S/C16H17NO3/c1-17(14-7-3-12(11-18)4-8-14)16(19)13-5-9-15(20-2)10-6-13/h3-10,18H,11H2,1-2H3. The van der Waals surface area contributed by atoms with Crippen molar-refractivity contribution in [2.24, 2.45) is 0 Å². The van der Waals surface area contributed by atoms with Crippen LogP contribution >= 0.6 is 0 Å². The molecule has 0 aliphatic heterocycles. The summed E-state index contributed by atoms with van der Waals surface area (Å²) >= 11 is 0. The maximum Gasteiger partial charge on any atom is 0.258 e. The molecule has 4 nitrogen and oxygen atoms in total. The number of carbonyl (C=O) groups excluding carboxylic acids is 1. The summed E-state index contributed by atoms with van der Waals surface area (Å²) in [5, 5.41) is 9.01. The summed E-state index contributed by atoms with van der Waals surface area (Å²) in [6.45, 7) is -0.00355. The number of hydrogen-bond acceptors (Lipinski definition) is 3. The number of amides is 1. The summed E-state index contributed by atoms with van der Waals surface area (Å²) in [5.74, 6) is 0.626. The first kappa shape index (κ1) is 14.1. The molecule has 0 radical (unpaired) electrons. The summed E-state index contributed by atoms with van der Waals surface area (Å²) in [6, 6.07) is 14.2. The molecular formula is C16H17NO3. The van der Waals surface area contributed by atoms with Gasteiger partial charge in [-0.25, -0.2) is 0 Å². The molecule has 0 aliphatic carbocycles. The van der Waals surface area contributed by atoms with E-state index >= 15 is 0 Å². The number of nitrogens with zero attached hydrogens (tertiary/aromatic N) is 1. The highest BCUT2D eigenvalue weighted by Gasteiger charge is 2.13. The Kier molecular flexibility index (Phi) is 4.38. The third-order valence-electron chi connectivity index (χ3n) is 3.15. The number of rotatable bonds is 4. The van der Waals surface area contributed by atoms with E-state index in [0.717, 1.165) is 17.0 Å². The fourth-order valence-electron chi connectivity index (χ4n) is 1.87. The molecule has 104 valence electrons. The molecule has 0 saturated carbocycles. The number of aliphatic hydroxyl groups is 1. The van der Waals surface area contributed by atoms with Gasteiger partial charge in [-0.1, -0.05) is 12.1 Å². The highest BCUT2D eigenvalue weighted by Crippen LogP contribution is 2.18. The highest BCUT2D eigenvalue weighted by atomic mass is 16.5. The molecule has 0 spiro atoms. The van der Waals surface area contributed by atoms with Crippen LogP contribution in [0.25, 0.3) is 0 Å². The topological polar surface area (TPSA) is 49.8 Å². The lowest BCUT2D eigenvalue weighted by Crippen LogP contribution is -2.26. The molecule has 1 N–H and O–H groups in total. The van der Waals surface area contributed by atoms with E-state index < -0.39 is 0 Å². The largest absolute Gasteiger partial charge is 0.497 e. The minimum atomic E-state index is -0.0931.